The number of rotatable bonds is 24. The van der Waals surface area contributed by atoms with Crippen molar-refractivity contribution < 1.29 is 64.6 Å². The third-order valence-electron chi connectivity index (χ3n) is 18.8. The Bertz CT molecular complexity index is 5360. The van der Waals surface area contributed by atoms with Gasteiger partial charge in [-0.15, -0.1) is 18.9 Å². The van der Waals surface area contributed by atoms with E-state index in [2.05, 4.69) is 60.0 Å². The van der Waals surface area contributed by atoms with Crippen LogP contribution in [0.4, 0.5) is 30.2 Å². The number of esters is 2. The molecule has 3 aliphatic carbocycles. The van der Waals surface area contributed by atoms with Gasteiger partial charge in [0, 0.05) is 56.6 Å². The molecule has 8 aromatic heterocycles. The first kappa shape index (κ1) is 79.9. The van der Waals surface area contributed by atoms with Gasteiger partial charge in [0.05, 0.1) is 51.8 Å². The zero-order valence-electron chi connectivity index (χ0n) is 61.0. The highest BCUT2D eigenvalue weighted by atomic mass is 32.2. The number of carbonyl (C=O) groups is 2. The Morgan fingerprint density at radius 3 is 1.28 bits per heavy atom. The molecule has 111 heavy (non-hydrogen) atoms. The highest BCUT2D eigenvalue weighted by Gasteiger charge is 2.50. The van der Waals surface area contributed by atoms with E-state index < -0.39 is 66.6 Å². The second-order valence-corrected chi connectivity index (χ2v) is 28.0. The van der Waals surface area contributed by atoms with Gasteiger partial charge in [-0.25, -0.2) is 49.5 Å². The molecule has 3 fully saturated rings. The highest BCUT2D eigenvalue weighted by Crippen LogP contribution is 2.35. The molecule has 30 nitrogen and oxygen atoms in total. The van der Waals surface area contributed by atoms with E-state index in [1.54, 1.807) is 61.9 Å². The summed E-state index contributed by atoms with van der Waals surface area (Å²) in [5, 5.41) is 21.3. The number of benzene rings is 3. The number of nitrogens with zero attached hydrogens (tertiary/aromatic N) is 12. The molecule has 0 spiro atoms. The Labute approximate surface area is 634 Å². The number of alkyl halides is 3. The fourth-order valence-electron chi connectivity index (χ4n) is 13.2. The average molecular weight is 1550 g/mol. The van der Waals surface area contributed by atoms with Crippen molar-refractivity contribution in [2.24, 2.45) is 17.8 Å². The Balaban J connectivity index is 0.000000148. The van der Waals surface area contributed by atoms with Crippen LogP contribution in [0, 0.1) is 17.8 Å². The van der Waals surface area contributed by atoms with Crippen LogP contribution in [0.15, 0.2) is 172 Å². The molecule has 3 saturated carbocycles. The molecule has 0 bridgehead atoms. The van der Waals surface area contributed by atoms with Crippen molar-refractivity contribution in [3.8, 4) is 5.75 Å². The normalized spacial score (nSPS) is 14.1. The fraction of sp³-hybridized carbons (Fsp3) is 0.377. The number of hydrogen-bond acceptors (Lipinski definition) is 26. The molecule has 34 heteroatoms. The van der Waals surface area contributed by atoms with E-state index in [1.807, 2.05) is 60.7 Å². The zero-order valence-corrected chi connectivity index (χ0v) is 61.8. The van der Waals surface area contributed by atoms with Crippen LogP contribution in [0.3, 0.4) is 0 Å². The summed E-state index contributed by atoms with van der Waals surface area (Å²) in [6, 6.07) is 30.7. The van der Waals surface area contributed by atoms with Gasteiger partial charge < -0.3 is 49.3 Å². The van der Waals surface area contributed by atoms with E-state index in [0.29, 0.717) is 79.4 Å². The van der Waals surface area contributed by atoms with Crippen molar-refractivity contribution in [1.29, 1.82) is 0 Å². The number of aromatic nitrogens is 12. The van der Waals surface area contributed by atoms with Crippen LogP contribution in [0.1, 0.15) is 148 Å². The summed E-state index contributed by atoms with van der Waals surface area (Å²) in [5.74, 6) is -1.52. The molecular weight excluding hydrogens is 1460 g/mol. The van der Waals surface area contributed by atoms with Crippen LogP contribution >= 0.6 is 0 Å². The molecule has 584 valence electrons. The van der Waals surface area contributed by atoms with Crippen LogP contribution in [0.5, 0.6) is 5.75 Å². The van der Waals surface area contributed by atoms with Crippen LogP contribution in [0.25, 0.3) is 44.1 Å². The molecule has 0 atom stereocenters. The molecule has 3 aromatic carbocycles. The lowest BCUT2D eigenvalue weighted by Gasteiger charge is -2.23. The zero-order chi connectivity index (χ0) is 78.3. The van der Waals surface area contributed by atoms with Crippen LogP contribution in [-0.4, -0.2) is 123 Å². The van der Waals surface area contributed by atoms with Crippen molar-refractivity contribution in [2.45, 2.75) is 135 Å². The molecular formula is C77H84F3N15O15S. The SMILES string of the molecule is CCOC(=O)c1c(NCC2CCCCC2)c2cncnc2n(OCc2ccccc2)c1=O.CCOC(=O)c1c(OS(=O)(=O)C(F)(F)F)c2cncnc2n(OCc2ccccc2)c1=O.O=c1cc(NCC2CCCCC2)c2cncnc2n1O.O=c1cc(NCC2CCCCC2)c2cncnc2n1OCc1ccccc1. The number of hydrogen-bond donors (Lipinski definition) is 4. The minimum Gasteiger partial charge on any atom is -0.462 e. The van der Waals surface area contributed by atoms with Gasteiger partial charge in [0.25, 0.3) is 11.1 Å². The predicted octanol–water partition coefficient (Wildman–Crippen LogP) is 10.8. The van der Waals surface area contributed by atoms with E-state index in [4.69, 9.17) is 24.0 Å². The monoisotopic (exact) mass is 1550 g/mol. The summed E-state index contributed by atoms with van der Waals surface area (Å²) in [5.41, 5.74) is -4.73. The molecule has 0 radical (unpaired) electrons. The lowest BCUT2D eigenvalue weighted by atomic mass is 9.89. The van der Waals surface area contributed by atoms with Gasteiger partial charge in [-0.1, -0.05) is 149 Å². The Morgan fingerprint density at radius 1 is 0.477 bits per heavy atom. The van der Waals surface area contributed by atoms with Gasteiger partial charge in [0.1, 0.15) is 45.1 Å². The first-order valence-electron chi connectivity index (χ1n) is 36.6. The van der Waals surface area contributed by atoms with Crippen LogP contribution in [-0.2, 0) is 39.4 Å². The number of halogens is 3. The third-order valence-corrected chi connectivity index (χ3v) is 19.8. The van der Waals surface area contributed by atoms with Crippen LogP contribution in [0.2, 0.25) is 0 Å². The number of carbonyl (C=O) groups excluding carboxylic acids is 2. The van der Waals surface area contributed by atoms with Crippen molar-refractivity contribution in [3.05, 3.63) is 222 Å². The quantitative estimate of drug-likeness (QED) is 0.0189. The van der Waals surface area contributed by atoms with E-state index in [9.17, 15) is 55.6 Å². The Hall–Kier alpha value is -12.1. The fourth-order valence-corrected chi connectivity index (χ4v) is 13.7. The topological polar surface area (TPSA) is 371 Å². The molecule has 0 unspecified atom stereocenters. The number of pyridine rings is 4. The number of anilines is 3. The maximum atomic E-state index is 13.4. The van der Waals surface area contributed by atoms with Gasteiger partial charge in [0.2, 0.25) is 0 Å². The van der Waals surface area contributed by atoms with Crippen molar-refractivity contribution in [1.82, 2.24) is 58.8 Å². The van der Waals surface area contributed by atoms with E-state index in [0.717, 1.165) is 65.4 Å². The third kappa shape index (κ3) is 20.4. The summed E-state index contributed by atoms with van der Waals surface area (Å²) in [6.07, 6.45) is 29.6. The number of fused-ring (bicyclic) bond motifs is 4. The van der Waals surface area contributed by atoms with Gasteiger partial charge in [-0.2, -0.15) is 21.6 Å². The minimum atomic E-state index is -6.25. The summed E-state index contributed by atoms with van der Waals surface area (Å²) < 4.78 is 79.5. The second kappa shape index (κ2) is 38.3. The van der Waals surface area contributed by atoms with Gasteiger partial charge >= 0.3 is 38.7 Å². The van der Waals surface area contributed by atoms with Crippen molar-refractivity contribution in [3.63, 3.8) is 0 Å². The van der Waals surface area contributed by atoms with E-state index in [1.165, 1.54) is 120 Å². The molecule has 3 aliphatic rings. The van der Waals surface area contributed by atoms with Gasteiger partial charge in [0.15, 0.2) is 39.5 Å². The Morgan fingerprint density at radius 2 is 0.838 bits per heavy atom. The standard InChI is InChI=1S/C24H28N4O4.C21H24N4O2.C18H14F3N3O7S.C14H18N4O2/c1-2-31-24(30)20-21(26-13-17-9-5-3-6-10-17)19-14-25-16-27-22(19)28(23(20)29)32-15-18-11-7-4-8-12-18;26-20-11-19(23-12-16-7-3-1-4-8-16)18-13-22-15-24-21(18)25(20)27-14-17-9-5-2-6-10-17;1-2-29-17(26)13-14(31-32(27,28)18(19,20)21)12-8-22-10-23-15(12)24(16(13)25)30-9-11-6-4-3-5-7-11;19-13-6-12(16-7-10-4-2-1-3-5-10)11-8-15-9-17-14(11)18(13)20/h4,7-8,11-12,14,16-17,26H,2-3,5-6,9-10,13,15H2,1H3;2,5-6,9-11,13,15-16,23H,1,3-4,7-8,12,14H2;3-8,10H,2,9H2,1H3;6,8-10,16,20H,1-5,7H2. The maximum absolute atomic E-state index is 13.4. The van der Waals surface area contributed by atoms with Gasteiger partial charge in [-0.3, -0.25) is 19.2 Å². The lowest BCUT2D eigenvalue weighted by Crippen LogP contribution is -2.35. The van der Waals surface area contributed by atoms with Gasteiger partial charge in [-0.05, 0) is 86.8 Å². The van der Waals surface area contributed by atoms with E-state index in [-0.39, 0.29) is 43.2 Å². The molecule has 0 amide bonds. The first-order chi connectivity index (χ1) is 53.8. The largest absolute Gasteiger partial charge is 0.534 e. The van der Waals surface area contributed by atoms with Crippen molar-refractivity contribution in [2.75, 3.05) is 48.8 Å². The summed E-state index contributed by atoms with van der Waals surface area (Å²) in [4.78, 5) is 125. The summed E-state index contributed by atoms with van der Waals surface area (Å²) in [7, 11) is -6.25. The van der Waals surface area contributed by atoms with Crippen LogP contribution < -0.4 is 56.9 Å². The molecule has 8 heterocycles. The van der Waals surface area contributed by atoms with Crippen molar-refractivity contribution >= 4 is 83.3 Å². The number of nitrogens with one attached hydrogen (secondary N) is 3. The molecule has 0 saturated heterocycles. The number of ether oxygens (including phenoxy) is 2. The average Bonchev–Trinajstić information content (AvgIpc) is 0.753. The first-order valence-corrected chi connectivity index (χ1v) is 38.0. The molecule has 4 N–H and O–H groups in total. The smallest absolute Gasteiger partial charge is 0.462 e. The minimum absolute atomic E-state index is 0.0852. The molecule has 11 aromatic rings. The Kier molecular flexibility index (Phi) is 27.6. The predicted molar refractivity (Wildman–Crippen MR) is 405 cm³/mol. The highest BCUT2D eigenvalue weighted by molar-refractivity contribution is 7.88. The summed E-state index contributed by atoms with van der Waals surface area (Å²) >= 11 is 0. The lowest BCUT2D eigenvalue weighted by molar-refractivity contribution is -0.0500. The second-order valence-electron chi connectivity index (χ2n) is 26.4. The summed E-state index contributed by atoms with van der Waals surface area (Å²) in [6.45, 7) is 5.63. The molecule has 0 aliphatic heterocycles. The molecule has 14 rings (SSSR count). The maximum Gasteiger partial charge on any atom is 0.534 e. The van der Waals surface area contributed by atoms with E-state index >= 15 is 0 Å².